The molecule has 0 radical (unpaired) electrons. The molecule has 1 heterocycles. The summed E-state index contributed by atoms with van der Waals surface area (Å²) in [5.74, 6) is 0. The molecule has 3 heteroatoms. The summed E-state index contributed by atoms with van der Waals surface area (Å²) in [5.41, 5.74) is 0. The van der Waals surface area contributed by atoms with Gasteiger partial charge in [-0.2, -0.15) is 0 Å². The molecule has 0 saturated carbocycles. The molecule has 1 atom stereocenters. The van der Waals surface area contributed by atoms with Crippen LogP contribution >= 0.6 is 0 Å². The number of morpholine rings is 1. The van der Waals surface area contributed by atoms with E-state index in [-0.39, 0.29) is 20.1 Å². The van der Waals surface area contributed by atoms with Gasteiger partial charge in [0.05, 0.1) is 19.8 Å². The van der Waals surface area contributed by atoms with Gasteiger partial charge in [0, 0.05) is 0 Å². The highest BCUT2D eigenvalue weighted by Crippen LogP contribution is 1.87. The Hall–Kier alpha value is -0.120. The first-order chi connectivity index (χ1) is 3.93. The molecule has 0 aromatic rings. The first kappa shape index (κ1) is 8.88. The Morgan fingerprint density at radius 2 is 2.44 bits per heavy atom. The Morgan fingerprint density at radius 1 is 1.67 bits per heavy atom. The lowest BCUT2D eigenvalue weighted by Gasteiger charge is -2.18. The molecule has 1 saturated heterocycles. The van der Waals surface area contributed by atoms with Crippen molar-refractivity contribution in [1.82, 2.24) is 0 Å². The highest BCUT2D eigenvalue weighted by atomic mass is 16.5. The minimum atomic E-state index is 0. The Kier molecular flexibility index (Phi) is 4.67. The maximum absolute atomic E-state index is 8.55. The van der Waals surface area contributed by atoms with E-state index in [1.807, 2.05) is 0 Å². The molecule has 9 heavy (non-hydrogen) atoms. The second-order valence-corrected chi connectivity index (χ2v) is 1.99. The van der Waals surface area contributed by atoms with Crippen molar-refractivity contribution in [3.05, 3.63) is 0 Å². The first-order valence-corrected chi connectivity index (χ1v) is 2.97. The fraction of sp³-hybridized carbons (Fsp3) is 1.00. The zero-order chi connectivity index (χ0) is 5.82. The van der Waals surface area contributed by atoms with Crippen molar-refractivity contribution < 1.29 is 15.2 Å². The lowest BCUT2D eigenvalue weighted by molar-refractivity contribution is -0.677. The predicted molar refractivity (Wildman–Crippen MR) is 35.2 cm³/mol. The highest BCUT2D eigenvalue weighted by Gasteiger charge is 2.13. The molecule has 1 aliphatic heterocycles. The second-order valence-electron chi connectivity index (χ2n) is 1.99. The molecule has 0 amide bonds. The van der Waals surface area contributed by atoms with Crippen LogP contribution in [0.3, 0.4) is 0 Å². The van der Waals surface area contributed by atoms with Crippen LogP contribution in [-0.4, -0.2) is 37.5 Å². The number of hydrogen-bond donors (Lipinski definition) is 2. The topological polar surface area (TPSA) is 46.1 Å². The molecule has 1 unspecified atom stereocenters. The molecular weight excluding hydrogens is 118 g/mol. The smallest absolute Gasteiger partial charge is 0.129 e. The number of rotatable bonds is 1. The SMILES string of the molecule is C.OCC1C[NH2+]CCO1. The van der Waals surface area contributed by atoms with E-state index in [1.165, 1.54) is 0 Å². The van der Waals surface area contributed by atoms with Gasteiger partial charge in [0.1, 0.15) is 12.6 Å². The zero-order valence-corrected chi connectivity index (χ0v) is 4.84. The minimum absolute atomic E-state index is 0. The van der Waals surface area contributed by atoms with Gasteiger partial charge in [-0.25, -0.2) is 0 Å². The third kappa shape index (κ3) is 2.79. The van der Waals surface area contributed by atoms with Gasteiger partial charge in [-0.1, -0.05) is 7.43 Å². The first-order valence-electron chi connectivity index (χ1n) is 2.97. The van der Waals surface area contributed by atoms with Crippen molar-refractivity contribution in [3.63, 3.8) is 0 Å². The molecule has 1 rings (SSSR count). The molecule has 1 aliphatic rings. The van der Waals surface area contributed by atoms with E-state index in [4.69, 9.17) is 9.84 Å². The molecule has 0 aromatic heterocycles. The Balaban J connectivity index is 0.000000640. The maximum atomic E-state index is 8.55. The van der Waals surface area contributed by atoms with Crippen molar-refractivity contribution in [2.24, 2.45) is 0 Å². The van der Waals surface area contributed by atoms with Crippen molar-refractivity contribution in [1.29, 1.82) is 0 Å². The van der Waals surface area contributed by atoms with Gasteiger partial charge in [0.25, 0.3) is 0 Å². The quantitative estimate of drug-likeness (QED) is 0.462. The summed E-state index contributed by atoms with van der Waals surface area (Å²) in [6, 6.07) is 0. The van der Waals surface area contributed by atoms with Crippen molar-refractivity contribution >= 4 is 0 Å². The van der Waals surface area contributed by atoms with Gasteiger partial charge in [0.2, 0.25) is 0 Å². The average molecular weight is 134 g/mol. The van der Waals surface area contributed by atoms with E-state index >= 15 is 0 Å². The summed E-state index contributed by atoms with van der Waals surface area (Å²) >= 11 is 0. The summed E-state index contributed by atoms with van der Waals surface area (Å²) < 4.78 is 5.15. The van der Waals surface area contributed by atoms with E-state index in [0.717, 1.165) is 19.7 Å². The fourth-order valence-electron chi connectivity index (χ4n) is 0.817. The molecule has 0 aliphatic carbocycles. The molecule has 3 N–H and O–H groups in total. The minimum Gasteiger partial charge on any atom is -0.393 e. The summed E-state index contributed by atoms with van der Waals surface area (Å²) in [7, 11) is 0. The standard InChI is InChI=1S/C5H11NO2.CH4/c7-4-5-3-6-1-2-8-5;/h5-7H,1-4H2;1H4/p+1. The fourth-order valence-corrected chi connectivity index (χ4v) is 0.817. The number of nitrogens with two attached hydrogens (primary N) is 1. The molecule has 56 valence electrons. The summed E-state index contributed by atoms with van der Waals surface area (Å²) in [6.07, 6.45) is 0.0868. The van der Waals surface area contributed by atoms with Crippen LogP contribution in [0.15, 0.2) is 0 Å². The lowest BCUT2D eigenvalue weighted by atomic mass is 10.3. The number of ether oxygens (including phenoxy) is 1. The van der Waals surface area contributed by atoms with Crippen LogP contribution in [0.25, 0.3) is 0 Å². The van der Waals surface area contributed by atoms with E-state index < -0.39 is 0 Å². The number of aliphatic hydroxyl groups excluding tert-OH is 1. The zero-order valence-electron chi connectivity index (χ0n) is 4.84. The van der Waals surface area contributed by atoms with Gasteiger partial charge < -0.3 is 15.2 Å². The number of aliphatic hydroxyl groups is 1. The number of quaternary nitrogens is 1. The van der Waals surface area contributed by atoms with Crippen LogP contribution < -0.4 is 5.32 Å². The number of hydrogen-bond acceptors (Lipinski definition) is 2. The summed E-state index contributed by atoms with van der Waals surface area (Å²) in [4.78, 5) is 0. The van der Waals surface area contributed by atoms with Crippen LogP contribution in [0, 0.1) is 0 Å². The van der Waals surface area contributed by atoms with Crippen LogP contribution in [0.5, 0.6) is 0 Å². The summed E-state index contributed by atoms with van der Waals surface area (Å²) in [5, 5.41) is 10.7. The molecular formula is C6H16NO2+. The van der Waals surface area contributed by atoms with Crippen LogP contribution in [0.1, 0.15) is 7.43 Å². The normalized spacial score (nSPS) is 27.0. The maximum Gasteiger partial charge on any atom is 0.129 e. The highest BCUT2D eigenvalue weighted by molar-refractivity contribution is 4.53. The van der Waals surface area contributed by atoms with Crippen molar-refractivity contribution in [2.45, 2.75) is 13.5 Å². The van der Waals surface area contributed by atoms with Gasteiger partial charge in [-0.05, 0) is 0 Å². The molecule has 3 nitrogen and oxygen atoms in total. The van der Waals surface area contributed by atoms with Crippen molar-refractivity contribution in [3.8, 4) is 0 Å². The molecule has 0 aromatic carbocycles. The lowest BCUT2D eigenvalue weighted by Crippen LogP contribution is -2.89. The van der Waals surface area contributed by atoms with E-state index in [1.54, 1.807) is 0 Å². The largest absolute Gasteiger partial charge is 0.393 e. The van der Waals surface area contributed by atoms with Gasteiger partial charge in [-0.15, -0.1) is 0 Å². The van der Waals surface area contributed by atoms with Crippen LogP contribution in [-0.2, 0) is 4.74 Å². The third-order valence-corrected chi connectivity index (χ3v) is 1.31. The Labute approximate surface area is 56.0 Å². The second kappa shape index (κ2) is 4.73. The third-order valence-electron chi connectivity index (χ3n) is 1.31. The molecule has 1 fully saturated rings. The van der Waals surface area contributed by atoms with Gasteiger partial charge in [-0.3, -0.25) is 0 Å². The molecule has 0 bridgehead atoms. The van der Waals surface area contributed by atoms with E-state index in [9.17, 15) is 0 Å². The van der Waals surface area contributed by atoms with Gasteiger partial charge >= 0.3 is 0 Å². The molecule has 0 spiro atoms. The van der Waals surface area contributed by atoms with Gasteiger partial charge in [0.15, 0.2) is 0 Å². The van der Waals surface area contributed by atoms with E-state index in [0.29, 0.717) is 0 Å². The van der Waals surface area contributed by atoms with Crippen LogP contribution in [0.4, 0.5) is 0 Å². The average Bonchev–Trinajstić information content (AvgIpc) is 1.90. The van der Waals surface area contributed by atoms with Crippen molar-refractivity contribution in [2.75, 3.05) is 26.3 Å². The summed E-state index contributed by atoms with van der Waals surface area (Å²) in [6.45, 7) is 2.90. The van der Waals surface area contributed by atoms with E-state index in [2.05, 4.69) is 5.32 Å². The predicted octanol–water partition coefficient (Wildman–Crippen LogP) is -1.42. The van der Waals surface area contributed by atoms with Crippen LogP contribution in [0.2, 0.25) is 0 Å². The Morgan fingerprint density at radius 3 is 2.78 bits per heavy atom. The Bertz CT molecular complexity index is 62.1. The monoisotopic (exact) mass is 134 g/mol.